The predicted octanol–water partition coefficient (Wildman–Crippen LogP) is 1.53. The van der Waals surface area contributed by atoms with Crippen molar-refractivity contribution in [3.8, 4) is 0 Å². The second kappa shape index (κ2) is 8.79. The van der Waals surface area contributed by atoms with Gasteiger partial charge in [0.2, 0.25) is 5.91 Å². The highest BCUT2D eigenvalue weighted by Crippen LogP contribution is 2.21. The minimum absolute atomic E-state index is 0.0441. The first-order chi connectivity index (χ1) is 12.5. The van der Waals surface area contributed by atoms with Crippen LogP contribution in [0.4, 0.5) is 4.39 Å². The van der Waals surface area contributed by atoms with Crippen LogP contribution in [0.3, 0.4) is 0 Å². The molecule has 1 aromatic carbocycles. The van der Waals surface area contributed by atoms with Gasteiger partial charge >= 0.3 is 0 Å². The predicted molar refractivity (Wildman–Crippen MR) is 95.7 cm³/mol. The fourth-order valence-electron chi connectivity index (χ4n) is 3.26. The topological polar surface area (TPSA) is 61.9 Å². The molecule has 1 unspecified atom stereocenters. The quantitative estimate of drug-likeness (QED) is 0.837. The number of halogens is 2. The van der Waals surface area contributed by atoms with E-state index < -0.39 is 11.7 Å². The van der Waals surface area contributed by atoms with E-state index in [2.05, 4.69) is 5.32 Å². The average molecular weight is 384 g/mol. The summed E-state index contributed by atoms with van der Waals surface area (Å²) < 4.78 is 19.4. The van der Waals surface area contributed by atoms with Crippen LogP contribution in [0.15, 0.2) is 18.2 Å². The summed E-state index contributed by atoms with van der Waals surface area (Å²) in [6, 6.07) is 4.21. The van der Waals surface area contributed by atoms with Crippen molar-refractivity contribution in [3.63, 3.8) is 0 Å². The molecular weight excluding hydrogens is 361 g/mol. The fourth-order valence-corrected chi connectivity index (χ4v) is 3.51. The molecule has 8 heteroatoms. The summed E-state index contributed by atoms with van der Waals surface area (Å²) in [5.74, 6) is -1.06. The van der Waals surface area contributed by atoms with Crippen LogP contribution in [-0.2, 0) is 9.53 Å². The van der Waals surface area contributed by atoms with Crippen molar-refractivity contribution in [2.75, 3.05) is 45.9 Å². The Kier molecular flexibility index (Phi) is 6.45. The Morgan fingerprint density at radius 3 is 2.69 bits per heavy atom. The summed E-state index contributed by atoms with van der Waals surface area (Å²) in [5, 5.41) is 3.01. The van der Waals surface area contributed by atoms with Crippen LogP contribution < -0.4 is 5.32 Å². The summed E-state index contributed by atoms with van der Waals surface area (Å²) in [6.45, 7) is 3.59. The van der Waals surface area contributed by atoms with Crippen LogP contribution in [-0.4, -0.2) is 73.6 Å². The number of nitrogens with one attached hydrogen (secondary N) is 1. The van der Waals surface area contributed by atoms with Crippen molar-refractivity contribution in [3.05, 3.63) is 34.6 Å². The molecular formula is C18H23ClFN3O3. The van der Waals surface area contributed by atoms with Gasteiger partial charge in [0.1, 0.15) is 5.82 Å². The molecule has 1 aromatic rings. The van der Waals surface area contributed by atoms with Crippen LogP contribution >= 0.6 is 11.6 Å². The molecule has 0 saturated carbocycles. The van der Waals surface area contributed by atoms with E-state index in [-0.39, 0.29) is 29.1 Å². The molecule has 0 spiro atoms. The molecule has 2 fully saturated rings. The first kappa shape index (κ1) is 19.1. The Morgan fingerprint density at radius 2 is 2.04 bits per heavy atom. The Hall–Kier alpha value is -1.70. The van der Waals surface area contributed by atoms with Gasteiger partial charge in [-0.05, 0) is 25.0 Å². The molecule has 0 aromatic heterocycles. The normalized spacial score (nSPS) is 21.0. The third kappa shape index (κ3) is 4.72. The van der Waals surface area contributed by atoms with Gasteiger partial charge in [-0.15, -0.1) is 0 Å². The highest BCUT2D eigenvalue weighted by molar-refractivity contribution is 6.33. The van der Waals surface area contributed by atoms with Gasteiger partial charge in [-0.1, -0.05) is 17.7 Å². The lowest BCUT2D eigenvalue weighted by Gasteiger charge is -2.34. The second-order valence-corrected chi connectivity index (χ2v) is 7.01. The molecule has 2 aliphatic rings. The number of carbonyl (C=O) groups is 2. The van der Waals surface area contributed by atoms with Crippen molar-refractivity contribution in [1.29, 1.82) is 0 Å². The van der Waals surface area contributed by atoms with Gasteiger partial charge in [-0.25, -0.2) is 4.39 Å². The van der Waals surface area contributed by atoms with E-state index >= 15 is 0 Å². The number of ether oxygens (including phenoxy) is 1. The third-order valence-corrected chi connectivity index (χ3v) is 5.07. The summed E-state index contributed by atoms with van der Waals surface area (Å²) in [5.41, 5.74) is -0.0862. The van der Waals surface area contributed by atoms with Gasteiger partial charge in [-0.2, -0.15) is 0 Å². The minimum atomic E-state index is -0.613. The van der Waals surface area contributed by atoms with E-state index in [0.29, 0.717) is 32.7 Å². The number of rotatable bonds is 5. The first-order valence-corrected chi connectivity index (χ1v) is 9.26. The highest BCUT2D eigenvalue weighted by atomic mass is 35.5. The van der Waals surface area contributed by atoms with E-state index in [0.717, 1.165) is 19.4 Å². The van der Waals surface area contributed by atoms with Crippen molar-refractivity contribution in [2.24, 2.45) is 0 Å². The lowest BCUT2D eigenvalue weighted by atomic mass is 10.1. The van der Waals surface area contributed by atoms with E-state index in [1.165, 1.54) is 18.2 Å². The van der Waals surface area contributed by atoms with Crippen molar-refractivity contribution < 1.29 is 18.7 Å². The molecule has 142 valence electrons. The number of benzene rings is 1. The lowest BCUT2D eigenvalue weighted by molar-refractivity contribution is -0.123. The van der Waals surface area contributed by atoms with E-state index in [4.69, 9.17) is 16.3 Å². The average Bonchev–Trinajstić information content (AvgIpc) is 3.14. The van der Waals surface area contributed by atoms with Crippen LogP contribution in [0.25, 0.3) is 0 Å². The molecule has 0 aliphatic carbocycles. The van der Waals surface area contributed by atoms with Crippen molar-refractivity contribution >= 4 is 23.4 Å². The first-order valence-electron chi connectivity index (χ1n) is 8.88. The summed E-state index contributed by atoms with van der Waals surface area (Å²) in [7, 11) is 0. The lowest BCUT2D eigenvalue weighted by Crippen LogP contribution is -2.51. The molecule has 26 heavy (non-hydrogen) atoms. The maximum absolute atomic E-state index is 13.9. The molecule has 6 nitrogen and oxygen atoms in total. The van der Waals surface area contributed by atoms with Gasteiger partial charge in [0.25, 0.3) is 5.91 Å². The SMILES string of the molecule is O=C(CN1CCN(C(=O)c2c(F)cccc2Cl)CC1)NCC1CCCO1. The zero-order valence-corrected chi connectivity index (χ0v) is 15.3. The van der Waals surface area contributed by atoms with Gasteiger partial charge in [0, 0.05) is 39.3 Å². The molecule has 1 atom stereocenters. The molecule has 2 amide bonds. The number of piperazine rings is 1. The van der Waals surface area contributed by atoms with Crippen LogP contribution in [0.2, 0.25) is 5.02 Å². The van der Waals surface area contributed by atoms with Crippen LogP contribution in [0.1, 0.15) is 23.2 Å². The van der Waals surface area contributed by atoms with Crippen molar-refractivity contribution in [1.82, 2.24) is 15.1 Å². The minimum Gasteiger partial charge on any atom is -0.376 e. The van der Waals surface area contributed by atoms with E-state index in [1.807, 2.05) is 4.90 Å². The summed E-state index contributed by atoms with van der Waals surface area (Å²) in [6.07, 6.45) is 2.15. The number of amides is 2. The smallest absolute Gasteiger partial charge is 0.258 e. The maximum Gasteiger partial charge on any atom is 0.258 e. The second-order valence-electron chi connectivity index (χ2n) is 6.60. The van der Waals surface area contributed by atoms with E-state index in [1.54, 1.807) is 4.90 Å². The zero-order valence-electron chi connectivity index (χ0n) is 14.5. The Bertz CT molecular complexity index is 639. The molecule has 2 aliphatic heterocycles. The number of nitrogens with zero attached hydrogens (tertiary/aromatic N) is 2. The molecule has 2 heterocycles. The zero-order chi connectivity index (χ0) is 18.5. The van der Waals surface area contributed by atoms with Gasteiger partial charge in [-0.3, -0.25) is 14.5 Å². The maximum atomic E-state index is 13.9. The molecule has 2 saturated heterocycles. The van der Waals surface area contributed by atoms with Crippen molar-refractivity contribution in [2.45, 2.75) is 18.9 Å². The summed E-state index contributed by atoms with van der Waals surface area (Å²) >= 11 is 5.97. The number of carbonyl (C=O) groups excluding carboxylic acids is 2. The Morgan fingerprint density at radius 1 is 1.27 bits per heavy atom. The van der Waals surface area contributed by atoms with Crippen LogP contribution in [0.5, 0.6) is 0 Å². The highest BCUT2D eigenvalue weighted by Gasteiger charge is 2.26. The number of hydrogen-bond acceptors (Lipinski definition) is 4. The molecule has 3 rings (SSSR count). The summed E-state index contributed by atoms with van der Waals surface area (Å²) in [4.78, 5) is 28.1. The fraction of sp³-hybridized carbons (Fsp3) is 0.556. The van der Waals surface area contributed by atoms with E-state index in [9.17, 15) is 14.0 Å². The third-order valence-electron chi connectivity index (χ3n) is 4.75. The van der Waals surface area contributed by atoms with Crippen LogP contribution in [0, 0.1) is 5.82 Å². The Balaban J connectivity index is 1.45. The van der Waals surface area contributed by atoms with Gasteiger partial charge in [0.05, 0.1) is 23.2 Å². The standard InChI is InChI=1S/C18H23ClFN3O3/c19-14-4-1-5-15(20)17(14)18(25)23-8-6-22(7-9-23)12-16(24)21-11-13-3-2-10-26-13/h1,4-5,13H,2-3,6-12H2,(H,21,24). The van der Waals surface area contributed by atoms with Gasteiger partial charge < -0.3 is 15.0 Å². The van der Waals surface area contributed by atoms with Gasteiger partial charge in [0.15, 0.2) is 0 Å². The monoisotopic (exact) mass is 383 g/mol. The molecule has 0 bridgehead atoms. The largest absolute Gasteiger partial charge is 0.376 e. The molecule has 1 N–H and O–H groups in total. The molecule has 0 radical (unpaired) electrons. The Labute approximate surface area is 157 Å². The number of hydrogen-bond donors (Lipinski definition) is 1.